The third-order valence-corrected chi connectivity index (χ3v) is 7.42. The van der Waals surface area contributed by atoms with E-state index < -0.39 is 0 Å². The Hall–Kier alpha value is -5.76. The van der Waals surface area contributed by atoms with Crippen molar-refractivity contribution < 1.29 is 0 Å². The summed E-state index contributed by atoms with van der Waals surface area (Å²) in [7, 11) is 1.78. The number of nitrogen functional groups attached to an aromatic ring is 1. The van der Waals surface area contributed by atoms with Gasteiger partial charge in [-0.25, -0.2) is 9.59 Å². The number of nitrogens with zero attached hydrogens (tertiary/aromatic N) is 4. The van der Waals surface area contributed by atoms with E-state index in [2.05, 4.69) is 5.32 Å². The van der Waals surface area contributed by atoms with Crippen LogP contribution >= 0.6 is 0 Å². The Morgan fingerprint density at radius 3 is 1.34 bits per heavy atom. The first-order valence-corrected chi connectivity index (χ1v) is 13.3. The first-order valence-electron chi connectivity index (χ1n) is 13.3. The molecule has 200 valence electrons. The summed E-state index contributed by atoms with van der Waals surface area (Å²) < 4.78 is 6.65. The summed E-state index contributed by atoms with van der Waals surface area (Å²) in [5.41, 5.74) is 12.7. The lowest BCUT2D eigenvalue weighted by molar-refractivity contribution is 0.916. The van der Waals surface area contributed by atoms with Gasteiger partial charge < -0.3 is 11.1 Å². The van der Waals surface area contributed by atoms with Gasteiger partial charge in [0.05, 0.1) is 56.2 Å². The lowest BCUT2D eigenvalue weighted by atomic mass is 10.2. The average molecular weight is 539 g/mol. The Kier molecular flexibility index (Phi) is 5.60. The van der Waals surface area contributed by atoms with Crippen molar-refractivity contribution in [1.82, 2.24) is 18.3 Å². The molecule has 0 aliphatic carbocycles. The highest BCUT2D eigenvalue weighted by atomic mass is 16.2. The van der Waals surface area contributed by atoms with Crippen LogP contribution in [-0.4, -0.2) is 25.3 Å². The molecule has 7 rings (SSSR count). The summed E-state index contributed by atoms with van der Waals surface area (Å²) in [5, 5.41) is 3.20. The Morgan fingerprint density at radius 2 is 0.902 bits per heavy atom. The quantitative estimate of drug-likeness (QED) is 0.283. The first-order chi connectivity index (χ1) is 20.1. The van der Waals surface area contributed by atoms with Gasteiger partial charge in [0, 0.05) is 7.05 Å². The molecule has 8 nitrogen and oxygen atoms in total. The number of anilines is 2. The van der Waals surface area contributed by atoms with Gasteiger partial charge >= 0.3 is 11.4 Å². The predicted octanol–water partition coefficient (Wildman–Crippen LogP) is 5.50. The number of nitrogens with two attached hydrogens (primary N) is 1. The highest BCUT2D eigenvalue weighted by molar-refractivity contribution is 5.86. The second kappa shape index (κ2) is 9.46. The summed E-state index contributed by atoms with van der Waals surface area (Å²) in [4.78, 5) is 28.2. The fourth-order valence-electron chi connectivity index (χ4n) is 5.59. The van der Waals surface area contributed by atoms with Crippen molar-refractivity contribution in [3.8, 4) is 22.7 Å². The van der Waals surface area contributed by atoms with Gasteiger partial charge in [-0.15, -0.1) is 0 Å². The molecule has 7 aromatic rings. The highest BCUT2D eigenvalue weighted by Crippen LogP contribution is 2.32. The zero-order chi connectivity index (χ0) is 28.1. The lowest BCUT2D eigenvalue weighted by Gasteiger charge is -2.16. The number of fused-ring (bicyclic) bond motifs is 2. The van der Waals surface area contributed by atoms with E-state index in [9.17, 15) is 9.59 Å². The van der Waals surface area contributed by atoms with Crippen molar-refractivity contribution in [2.24, 2.45) is 0 Å². The van der Waals surface area contributed by atoms with Gasteiger partial charge in [0.25, 0.3) is 0 Å². The van der Waals surface area contributed by atoms with Gasteiger partial charge in [0.2, 0.25) is 0 Å². The number of rotatable bonds is 5. The largest absolute Gasteiger partial charge is 0.397 e. The van der Waals surface area contributed by atoms with Gasteiger partial charge in [-0.3, -0.25) is 18.3 Å². The molecule has 0 bridgehead atoms. The molecule has 0 atom stereocenters. The van der Waals surface area contributed by atoms with Crippen LogP contribution in [0.5, 0.6) is 0 Å². The zero-order valence-electron chi connectivity index (χ0n) is 22.2. The Labute approximate surface area is 234 Å². The molecule has 0 radical (unpaired) electrons. The van der Waals surface area contributed by atoms with Crippen LogP contribution < -0.4 is 22.4 Å². The van der Waals surface area contributed by atoms with Crippen LogP contribution in [-0.2, 0) is 0 Å². The van der Waals surface area contributed by atoms with Crippen LogP contribution in [0.15, 0.2) is 131 Å². The molecule has 5 aromatic carbocycles. The second-order valence-corrected chi connectivity index (χ2v) is 9.73. The molecule has 0 fully saturated rings. The standard InChI is InChI=1S/C33H26N6O2/c1-35-25-20-24(34)30(38-28-18-10-8-16-26(28)36(32(38)40)22-12-4-2-5-13-22)21-31(25)39-29-19-11-9-17-27(29)37(33(39)41)23-14-6-3-7-15-23/h2-21,35H,34H2,1H3. The number of hydrogen-bond acceptors (Lipinski definition) is 4. The molecule has 8 heteroatoms. The van der Waals surface area contributed by atoms with Crippen LogP contribution in [0.4, 0.5) is 11.4 Å². The van der Waals surface area contributed by atoms with E-state index in [1.165, 1.54) is 0 Å². The van der Waals surface area contributed by atoms with Crippen LogP contribution in [0, 0.1) is 0 Å². The van der Waals surface area contributed by atoms with E-state index in [1.807, 2.05) is 115 Å². The number of para-hydroxylation sites is 6. The van der Waals surface area contributed by atoms with Crippen molar-refractivity contribution >= 4 is 33.4 Å². The Bertz CT molecular complexity index is 2190. The van der Waals surface area contributed by atoms with E-state index in [0.717, 1.165) is 27.9 Å². The lowest BCUT2D eigenvalue weighted by Crippen LogP contribution is -2.25. The number of hydrogen-bond donors (Lipinski definition) is 2. The van der Waals surface area contributed by atoms with Gasteiger partial charge in [-0.1, -0.05) is 60.7 Å². The molecule has 3 N–H and O–H groups in total. The van der Waals surface area contributed by atoms with Gasteiger partial charge in [-0.05, 0) is 60.7 Å². The summed E-state index contributed by atoms with van der Waals surface area (Å²) in [6.45, 7) is 0. The monoisotopic (exact) mass is 538 g/mol. The minimum atomic E-state index is -0.258. The topological polar surface area (TPSA) is 91.9 Å². The molecular formula is C33H26N6O2. The molecule has 0 amide bonds. The first kappa shape index (κ1) is 24.3. The fraction of sp³-hybridized carbons (Fsp3) is 0.0303. The van der Waals surface area contributed by atoms with Crippen molar-refractivity contribution in [2.45, 2.75) is 0 Å². The van der Waals surface area contributed by atoms with E-state index in [1.54, 1.807) is 31.4 Å². The van der Waals surface area contributed by atoms with Crippen molar-refractivity contribution in [3.63, 3.8) is 0 Å². The molecule has 2 heterocycles. The molecule has 41 heavy (non-hydrogen) atoms. The third-order valence-electron chi connectivity index (χ3n) is 7.42. The molecule has 0 spiro atoms. The van der Waals surface area contributed by atoms with Crippen molar-refractivity contribution in [3.05, 3.63) is 142 Å². The maximum absolute atomic E-state index is 14.2. The Balaban J connectivity index is 1.55. The maximum Gasteiger partial charge on any atom is 0.338 e. The molecule has 0 saturated heterocycles. The molecule has 0 aliphatic heterocycles. The molecule has 0 unspecified atom stereocenters. The number of imidazole rings is 2. The average Bonchev–Trinajstić information content (AvgIpc) is 3.47. The smallest absolute Gasteiger partial charge is 0.338 e. The van der Waals surface area contributed by atoms with Gasteiger partial charge in [0.15, 0.2) is 0 Å². The maximum atomic E-state index is 14.2. The predicted molar refractivity (Wildman–Crippen MR) is 165 cm³/mol. The normalized spacial score (nSPS) is 11.3. The second-order valence-electron chi connectivity index (χ2n) is 9.73. The Morgan fingerprint density at radius 1 is 0.512 bits per heavy atom. The number of nitrogens with one attached hydrogen (secondary N) is 1. The summed E-state index contributed by atoms with van der Waals surface area (Å²) in [6, 6.07) is 37.9. The molecular weight excluding hydrogens is 512 g/mol. The van der Waals surface area contributed by atoms with Crippen molar-refractivity contribution in [2.75, 3.05) is 18.1 Å². The van der Waals surface area contributed by atoms with Crippen LogP contribution in [0.1, 0.15) is 0 Å². The SMILES string of the molecule is CNc1cc(N)c(-n2c(=O)n(-c3ccccc3)c3ccccc32)cc1-n1c(=O)n(-c2ccccc2)c2ccccc21. The number of benzene rings is 5. The zero-order valence-corrected chi connectivity index (χ0v) is 22.2. The minimum Gasteiger partial charge on any atom is -0.397 e. The van der Waals surface area contributed by atoms with E-state index in [0.29, 0.717) is 28.3 Å². The van der Waals surface area contributed by atoms with Crippen molar-refractivity contribution in [1.29, 1.82) is 0 Å². The fourth-order valence-corrected chi connectivity index (χ4v) is 5.59. The van der Waals surface area contributed by atoms with Gasteiger partial charge in [0.1, 0.15) is 0 Å². The third kappa shape index (κ3) is 3.69. The summed E-state index contributed by atoms with van der Waals surface area (Å²) >= 11 is 0. The van der Waals surface area contributed by atoms with Crippen LogP contribution in [0.2, 0.25) is 0 Å². The summed E-state index contributed by atoms with van der Waals surface area (Å²) in [5.74, 6) is 0. The summed E-state index contributed by atoms with van der Waals surface area (Å²) in [6.07, 6.45) is 0. The minimum absolute atomic E-state index is 0.233. The highest BCUT2D eigenvalue weighted by Gasteiger charge is 2.22. The van der Waals surface area contributed by atoms with E-state index in [4.69, 9.17) is 5.73 Å². The number of aromatic nitrogens is 4. The van der Waals surface area contributed by atoms with E-state index in [-0.39, 0.29) is 11.4 Å². The van der Waals surface area contributed by atoms with E-state index >= 15 is 0 Å². The molecule has 2 aromatic heterocycles. The van der Waals surface area contributed by atoms with Crippen LogP contribution in [0.25, 0.3) is 44.8 Å². The molecule has 0 aliphatic rings. The van der Waals surface area contributed by atoms with Gasteiger partial charge in [-0.2, -0.15) is 0 Å². The van der Waals surface area contributed by atoms with Crippen LogP contribution in [0.3, 0.4) is 0 Å². The molecule has 0 saturated carbocycles.